The fourth-order valence-electron chi connectivity index (χ4n) is 2.12. The maximum absolute atomic E-state index is 10.3. The Hall–Kier alpha value is -0.800. The van der Waals surface area contributed by atoms with Gasteiger partial charge in [0.2, 0.25) is 0 Å². The second kappa shape index (κ2) is 4.83. The van der Waals surface area contributed by atoms with E-state index in [1.807, 2.05) is 19.1 Å². The molecule has 2 unspecified atom stereocenters. The molecule has 1 aromatic heterocycles. The fraction of sp³-hybridized carbons (Fsp3) is 0.714. The monoisotopic (exact) mass is 237 g/mol. The molecule has 0 saturated heterocycles. The second-order valence-electron chi connectivity index (χ2n) is 5.65. The number of rotatable bonds is 6. The van der Waals surface area contributed by atoms with Crippen molar-refractivity contribution in [2.75, 3.05) is 6.54 Å². The Morgan fingerprint density at radius 1 is 1.53 bits per heavy atom. The summed E-state index contributed by atoms with van der Waals surface area (Å²) in [5.74, 6) is 2.39. The molecular formula is C14H23NO2. The van der Waals surface area contributed by atoms with Gasteiger partial charge in [-0.3, -0.25) is 0 Å². The lowest BCUT2D eigenvalue weighted by Gasteiger charge is -2.24. The van der Waals surface area contributed by atoms with Crippen molar-refractivity contribution in [3.63, 3.8) is 0 Å². The largest absolute Gasteiger partial charge is 0.463 e. The van der Waals surface area contributed by atoms with Gasteiger partial charge in [0.15, 0.2) is 0 Å². The molecule has 3 nitrogen and oxygen atoms in total. The highest BCUT2D eigenvalue weighted by Gasteiger charge is 2.28. The Bertz CT molecular complexity index is 366. The van der Waals surface area contributed by atoms with Gasteiger partial charge in [-0.1, -0.05) is 12.8 Å². The van der Waals surface area contributed by atoms with Crippen molar-refractivity contribution in [3.05, 3.63) is 23.7 Å². The van der Waals surface area contributed by atoms with Crippen LogP contribution in [0.25, 0.3) is 0 Å². The number of hydrogen-bond acceptors (Lipinski definition) is 3. The molecular weight excluding hydrogens is 214 g/mol. The van der Waals surface area contributed by atoms with Gasteiger partial charge in [-0.2, -0.15) is 0 Å². The summed E-state index contributed by atoms with van der Waals surface area (Å²) in [5, 5.41) is 13.7. The van der Waals surface area contributed by atoms with Gasteiger partial charge >= 0.3 is 0 Å². The molecule has 1 heterocycles. The number of aliphatic hydroxyl groups is 1. The molecule has 0 radical (unpaired) electrons. The van der Waals surface area contributed by atoms with E-state index in [1.54, 1.807) is 6.92 Å². The van der Waals surface area contributed by atoms with Crippen LogP contribution in [0, 0.1) is 12.8 Å². The van der Waals surface area contributed by atoms with Crippen LogP contribution < -0.4 is 5.32 Å². The van der Waals surface area contributed by atoms with E-state index in [0.717, 1.165) is 11.7 Å². The Kier molecular flexibility index (Phi) is 3.59. The molecule has 2 atom stereocenters. The average molecular weight is 237 g/mol. The van der Waals surface area contributed by atoms with E-state index in [0.29, 0.717) is 18.3 Å². The molecule has 1 aliphatic carbocycles. The van der Waals surface area contributed by atoms with Gasteiger partial charge in [0.25, 0.3) is 0 Å². The zero-order valence-corrected chi connectivity index (χ0v) is 11.0. The van der Waals surface area contributed by atoms with E-state index in [4.69, 9.17) is 4.42 Å². The van der Waals surface area contributed by atoms with E-state index < -0.39 is 5.60 Å². The molecule has 1 aliphatic rings. The number of aryl methyl sites for hydroxylation is 1. The quantitative estimate of drug-likeness (QED) is 0.799. The highest BCUT2D eigenvalue weighted by Crippen LogP contribution is 2.33. The minimum atomic E-state index is -0.925. The van der Waals surface area contributed by atoms with Crippen LogP contribution in [0.2, 0.25) is 0 Å². The molecule has 0 bridgehead atoms. The number of furan rings is 1. The van der Waals surface area contributed by atoms with Gasteiger partial charge in [-0.25, -0.2) is 0 Å². The maximum atomic E-state index is 10.3. The smallest absolute Gasteiger partial charge is 0.136 e. The lowest BCUT2D eigenvalue weighted by atomic mass is 10.0. The summed E-state index contributed by atoms with van der Waals surface area (Å²) in [6.07, 6.45) is 3.97. The number of nitrogens with one attached hydrogen (secondary N) is 1. The Labute approximate surface area is 103 Å². The molecule has 2 N–H and O–H groups in total. The third-order valence-corrected chi connectivity index (χ3v) is 3.45. The van der Waals surface area contributed by atoms with Gasteiger partial charge in [-0.15, -0.1) is 0 Å². The summed E-state index contributed by atoms with van der Waals surface area (Å²) < 4.78 is 5.48. The molecule has 1 saturated carbocycles. The van der Waals surface area contributed by atoms with Crippen LogP contribution in [0.15, 0.2) is 16.5 Å². The zero-order valence-electron chi connectivity index (χ0n) is 11.0. The average Bonchev–Trinajstić information content (AvgIpc) is 2.95. The highest BCUT2D eigenvalue weighted by atomic mass is 16.4. The van der Waals surface area contributed by atoms with Gasteiger partial charge in [0.1, 0.15) is 17.1 Å². The SMILES string of the molecule is Cc1ccc(C(C)(O)CNC(C)CC2CC2)o1. The molecule has 0 aromatic carbocycles. The summed E-state index contributed by atoms with van der Waals surface area (Å²) in [6, 6.07) is 4.20. The van der Waals surface area contributed by atoms with Crippen LogP contribution >= 0.6 is 0 Å². The van der Waals surface area contributed by atoms with Crippen molar-refractivity contribution < 1.29 is 9.52 Å². The minimum absolute atomic E-state index is 0.463. The first kappa shape index (κ1) is 12.7. The molecule has 2 rings (SSSR count). The van der Waals surface area contributed by atoms with E-state index in [1.165, 1.54) is 19.3 Å². The third-order valence-electron chi connectivity index (χ3n) is 3.45. The van der Waals surface area contributed by atoms with Crippen molar-refractivity contribution in [3.8, 4) is 0 Å². The van der Waals surface area contributed by atoms with Gasteiger partial charge in [0, 0.05) is 12.6 Å². The first-order valence-corrected chi connectivity index (χ1v) is 6.50. The van der Waals surface area contributed by atoms with Crippen LogP contribution in [-0.4, -0.2) is 17.7 Å². The van der Waals surface area contributed by atoms with Crippen molar-refractivity contribution in [2.24, 2.45) is 5.92 Å². The van der Waals surface area contributed by atoms with Crippen LogP contribution in [-0.2, 0) is 5.60 Å². The van der Waals surface area contributed by atoms with E-state index in [-0.39, 0.29) is 0 Å². The van der Waals surface area contributed by atoms with E-state index in [2.05, 4.69) is 12.2 Å². The summed E-state index contributed by atoms with van der Waals surface area (Å²) in [7, 11) is 0. The van der Waals surface area contributed by atoms with Crippen LogP contribution in [0.4, 0.5) is 0 Å². The molecule has 3 heteroatoms. The van der Waals surface area contributed by atoms with Crippen molar-refractivity contribution >= 4 is 0 Å². The predicted molar refractivity (Wildman–Crippen MR) is 67.8 cm³/mol. The molecule has 96 valence electrons. The maximum Gasteiger partial charge on any atom is 0.136 e. The van der Waals surface area contributed by atoms with Crippen LogP contribution in [0.1, 0.15) is 44.6 Å². The van der Waals surface area contributed by atoms with E-state index >= 15 is 0 Å². The topological polar surface area (TPSA) is 45.4 Å². The molecule has 1 aromatic rings. The molecule has 0 spiro atoms. The fourth-order valence-corrected chi connectivity index (χ4v) is 2.12. The molecule has 1 fully saturated rings. The Morgan fingerprint density at radius 2 is 2.24 bits per heavy atom. The first-order chi connectivity index (χ1) is 7.97. The van der Waals surface area contributed by atoms with Gasteiger partial charge in [0.05, 0.1) is 0 Å². The summed E-state index contributed by atoms with van der Waals surface area (Å²) in [6.45, 7) is 6.40. The lowest BCUT2D eigenvalue weighted by Crippen LogP contribution is -2.39. The highest BCUT2D eigenvalue weighted by molar-refractivity contribution is 5.12. The second-order valence-corrected chi connectivity index (χ2v) is 5.65. The Balaban J connectivity index is 1.83. The lowest BCUT2D eigenvalue weighted by molar-refractivity contribution is 0.0309. The van der Waals surface area contributed by atoms with Gasteiger partial charge < -0.3 is 14.8 Å². The standard InChI is InChI=1S/C14H23NO2/c1-10(8-12-5-6-12)15-9-14(3,16)13-7-4-11(2)17-13/h4,7,10,12,15-16H,5-6,8-9H2,1-3H3. The molecule has 0 amide bonds. The third kappa shape index (κ3) is 3.58. The molecule has 17 heavy (non-hydrogen) atoms. The molecule has 0 aliphatic heterocycles. The van der Waals surface area contributed by atoms with Crippen molar-refractivity contribution in [1.29, 1.82) is 0 Å². The normalized spacial score (nSPS) is 21.2. The Morgan fingerprint density at radius 3 is 2.76 bits per heavy atom. The number of hydrogen-bond donors (Lipinski definition) is 2. The summed E-state index contributed by atoms with van der Waals surface area (Å²) in [5.41, 5.74) is -0.925. The zero-order chi connectivity index (χ0) is 12.5. The van der Waals surface area contributed by atoms with Crippen LogP contribution in [0.3, 0.4) is 0 Å². The van der Waals surface area contributed by atoms with Gasteiger partial charge in [-0.05, 0) is 45.2 Å². The van der Waals surface area contributed by atoms with Crippen LogP contribution in [0.5, 0.6) is 0 Å². The predicted octanol–water partition coefficient (Wildman–Crippen LogP) is 2.57. The minimum Gasteiger partial charge on any atom is -0.463 e. The van der Waals surface area contributed by atoms with Crippen molar-refractivity contribution in [2.45, 2.75) is 51.7 Å². The summed E-state index contributed by atoms with van der Waals surface area (Å²) in [4.78, 5) is 0. The van der Waals surface area contributed by atoms with E-state index in [9.17, 15) is 5.11 Å². The first-order valence-electron chi connectivity index (χ1n) is 6.50. The van der Waals surface area contributed by atoms with Crippen molar-refractivity contribution in [1.82, 2.24) is 5.32 Å². The summed E-state index contributed by atoms with van der Waals surface area (Å²) >= 11 is 0.